The van der Waals surface area contributed by atoms with Crippen LogP contribution in [-0.2, 0) is 12.8 Å². The minimum atomic E-state index is 0.0284. The minimum absolute atomic E-state index is 0.0284. The molecular formula is C27H25N5O2. The summed E-state index contributed by atoms with van der Waals surface area (Å²) in [4.78, 5) is 4.64. The molecule has 0 saturated heterocycles. The number of tetrazole rings is 1. The molecule has 0 amide bonds. The number of aryl methyl sites for hydroxylation is 1. The van der Waals surface area contributed by atoms with Gasteiger partial charge < -0.3 is 9.15 Å². The predicted octanol–water partition coefficient (Wildman–Crippen LogP) is 5.16. The van der Waals surface area contributed by atoms with E-state index in [1.807, 2.05) is 67.6 Å². The standard InChI is InChI=1S/C27H25N5O2/c1-19-25(28-27(34-19)22-10-6-3-7-11-22)16-17-33-23-14-12-20(13-15-23)18-24(26-29-31-32-30-26)21-8-4-2-5-9-21/h2-15,24H,16-18H2,1H3,(H,29,30,31,32). The highest BCUT2D eigenvalue weighted by molar-refractivity contribution is 5.53. The molecule has 0 saturated carbocycles. The van der Waals surface area contributed by atoms with Crippen LogP contribution < -0.4 is 4.74 Å². The molecule has 0 fully saturated rings. The van der Waals surface area contributed by atoms with Gasteiger partial charge in [-0.15, -0.1) is 10.2 Å². The lowest BCUT2D eigenvalue weighted by Crippen LogP contribution is -2.07. The van der Waals surface area contributed by atoms with E-state index in [-0.39, 0.29) is 5.92 Å². The molecule has 0 aliphatic carbocycles. The van der Waals surface area contributed by atoms with Crippen LogP contribution in [0.5, 0.6) is 5.75 Å². The molecule has 1 N–H and O–H groups in total. The van der Waals surface area contributed by atoms with Crippen molar-refractivity contribution >= 4 is 0 Å². The number of H-pyrrole nitrogens is 1. The molecule has 5 rings (SSSR count). The van der Waals surface area contributed by atoms with E-state index in [2.05, 4.69) is 49.9 Å². The summed E-state index contributed by atoms with van der Waals surface area (Å²) >= 11 is 0. The molecule has 5 aromatic rings. The molecule has 2 heterocycles. The highest BCUT2D eigenvalue weighted by atomic mass is 16.5. The number of hydrogen-bond donors (Lipinski definition) is 1. The van der Waals surface area contributed by atoms with Gasteiger partial charge in [-0.3, -0.25) is 0 Å². The molecule has 7 heteroatoms. The Kier molecular flexibility index (Phi) is 6.42. The molecule has 7 nitrogen and oxygen atoms in total. The molecule has 1 unspecified atom stereocenters. The molecule has 0 radical (unpaired) electrons. The first-order chi connectivity index (χ1) is 16.8. The van der Waals surface area contributed by atoms with Gasteiger partial charge in [0.05, 0.1) is 18.2 Å². The van der Waals surface area contributed by atoms with Gasteiger partial charge in [0, 0.05) is 12.0 Å². The monoisotopic (exact) mass is 451 g/mol. The number of hydrogen-bond acceptors (Lipinski definition) is 6. The van der Waals surface area contributed by atoms with Crippen molar-refractivity contribution in [2.24, 2.45) is 0 Å². The van der Waals surface area contributed by atoms with E-state index in [1.54, 1.807) is 0 Å². The largest absolute Gasteiger partial charge is 0.493 e. The van der Waals surface area contributed by atoms with Crippen molar-refractivity contribution in [2.45, 2.75) is 25.7 Å². The zero-order valence-electron chi connectivity index (χ0n) is 18.9. The summed E-state index contributed by atoms with van der Waals surface area (Å²) in [6.45, 7) is 2.47. The van der Waals surface area contributed by atoms with Crippen LogP contribution in [0, 0.1) is 6.92 Å². The quantitative estimate of drug-likeness (QED) is 0.333. The highest BCUT2D eigenvalue weighted by Gasteiger charge is 2.19. The molecule has 170 valence electrons. The van der Waals surface area contributed by atoms with E-state index in [4.69, 9.17) is 9.15 Å². The third-order valence-electron chi connectivity index (χ3n) is 5.76. The van der Waals surface area contributed by atoms with Crippen LogP contribution in [0.1, 0.15) is 34.3 Å². The van der Waals surface area contributed by atoms with E-state index in [1.165, 1.54) is 5.56 Å². The van der Waals surface area contributed by atoms with Gasteiger partial charge in [0.15, 0.2) is 5.82 Å². The fraction of sp³-hybridized carbons (Fsp3) is 0.185. The van der Waals surface area contributed by atoms with Crippen molar-refractivity contribution in [1.82, 2.24) is 25.6 Å². The number of oxazole rings is 1. The fourth-order valence-corrected chi connectivity index (χ4v) is 3.95. The smallest absolute Gasteiger partial charge is 0.226 e. The summed E-state index contributed by atoms with van der Waals surface area (Å²) in [6, 6.07) is 28.3. The molecular weight excluding hydrogens is 426 g/mol. The lowest BCUT2D eigenvalue weighted by molar-refractivity contribution is 0.320. The zero-order valence-corrected chi connectivity index (χ0v) is 18.9. The highest BCUT2D eigenvalue weighted by Crippen LogP contribution is 2.27. The van der Waals surface area contributed by atoms with Gasteiger partial charge in [-0.2, -0.15) is 5.21 Å². The lowest BCUT2D eigenvalue weighted by Gasteiger charge is -2.14. The molecule has 34 heavy (non-hydrogen) atoms. The Morgan fingerprint density at radius 1 is 0.912 bits per heavy atom. The van der Waals surface area contributed by atoms with Crippen LogP contribution in [-0.4, -0.2) is 32.2 Å². The molecule has 0 spiro atoms. The molecule has 1 atom stereocenters. The third kappa shape index (κ3) is 5.04. The van der Waals surface area contributed by atoms with Crippen LogP contribution in [0.15, 0.2) is 89.3 Å². The van der Waals surface area contributed by atoms with Crippen molar-refractivity contribution in [2.75, 3.05) is 6.61 Å². The van der Waals surface area contributed by atoms with Crippen LogP contribution in [0.2, 0.25) is 0 Å². The number of nitrogens with one attached hydrogen (secondary N) is 1. The molecule has 0 aliphatic rings. The fourth-order valence-electron chi connectivity index (χ4n) is 3.95. The number of rotatable bonds is 9. The van der Waals surface area contributed by atoms with Crippen molar-refractivity contribution in [3.05, 3.63) is 113 Å². The molecule has 0 bridgehead atoms. The van der Waals surface area contributed by atoms with Crippen LogP contribution in [0.4, 0.5) is 0 Å². The first kappa shape index (κ1) is 21.6. The molecule has 0 aliphatic heterocycles. The number of nitrogens with zero attached hydrogens (tertiary/aromatic N) is 4. The van der Waals surface area contributed by atoms with Gasteiger partial charge in [-0.1, -0.05) is 65.9 Å². The molecule has 3 aromatic carbocycles. The van der Waals surface area contributed by atoms with Gasteiger partial charge in [0.25, 0.3) is 0 Å². The number of ether oxygens (including phenoxy) is 1. The van der Waals surface area contributed by atoms with Crippen LogP contribution in [0.25, 0.3) is 11.5 Å². The minimum Gasteiger partial charge on any atom is -0.493 e. The number of aromatic nitrogens is 5. The van der Waals surface area contributed by atoms with Crippen LogP contribution in [0.3, 0.4) is 0 Å². The Hall–Kier alpha value is -4.26. The zero-order chi connectivity index (χ0) is 23.2. The Balaban J connectivity index is 1.20. The average molecular weight is 452 g/mol. The second-order valence-electron chi connectivity index (χ2n) is 8.07. The van der Waals surface area contributed by atoms with Gasteiger partial charge in [0.2, 0.25) is 5.89 Å². The van der Waals surface area contributed by atoms with E-state index >= 15 is 0 Å². The van der Waals surface area contributed by atoms with Crippen LogP contribution >= 0.6 is 0 Å². The Labute approximate surface area is 197 Å². The second kappa shape index (κ2) is 10.1. The van der Waals surface area contributed by atoms with Crippen molar-refractivity contribution in [3.63, 3.8) is 0 Å². The van der Waals surface area contributed by atoms with Gasteiger partial charge in [-0.05, 0) is 48.7 Å². The van der Waals surface area contributed by atoms with Gasteiger partial charge in [-0.25, -0.2) is 4.98 Å². The van der Waals surface area contributed by atoms with E-state index in [0.717, 1.165) is 34.8 Å². The summed E-state index contributed by atoms with van der Waals surface area (Å²) in [7, 11) is 0. The van der Waals surface area contributed by atoms with E-state index in [9.17, 15) is 0 Å². The topological polar surface area (TPSA) is 89.7 Å². The van der Waals surface area contributed by atoms with E-state index < -0.39 is 0 Å². The maximum absolute atomic E-state index is 5.98. The summed E-state index contributed by atoms with van der Waals surface area (Å²) in [5.74, 6) is 3.01. The number of aromatic amines is 1. The van der Waals surface area contributed by atoms with Gasteiger partial charge in [0.1, 0.15) is 11.5 Å². The third-order valence-corrected chi connectivity index (χ3v) is 5.76. The maximum atomic E-state index is 5.98. The summed E-state index contributed by atoms with van der Waals surface area (Å²) in [6.07, 6.45) is 1.45. The summed E-state index contributed by atoms with van der Waals surface area (Å²) in [5, 5.41) is 14.7. The Bertz CT molecular complexity index is 1300. The summed E-state index contributed by atoms with van der Waals surface area (Å²) in [5.41, 5.74) is 4.22. The Morgan fingerprint density at radius 2 is 1.65 bits per heavy atom. The van der Waals surface area contributed by atoms with E-state index in [0.29, 0.717) is 24.7 Å². The average Bonchev–Trinajstić information content (AvgIpc) is 3.55. The SMILES string of the molecule is Cc1oc(-c2ccccc2)nc1CCOc1ccc(CC(c2ccccc2)c2nn[nH]n2)cc1. The maximum Gasteiger partial charge on any atom is 0.226 e. The van der Waals surface area contributed by atoms with Crippen molar-refractivity contribution in [1.29, 1.82) is 0 Å². The predicted molar refractivity (Wildman–Crippen MR) is 128 cm³/mol. The second-order valence-corrected chi connectivity index (χ2v) is 8.07. The number of benzene rings is 3. The van der Waals surface area contributed by atoms with Gasteiger partial charge >= 0.3 is 0 Å². The Morgan fingerprint density at radius 3 is 2.35 bits per heavy atom. The first-order valence-corrected chi connectivity index (χ1v) is 11.3. The van der Waals surface area contributed by atoms with Crippen molar-refractivity contribution in [3.8, 4) is 17.2 Å². The summed E-state index contributed by atoms with van der Waals surface area (Å²) < 4.78 is 11.8. The first-order valence-electron chi connectivity index (χ1n) is 11.3. The van der Waals surface area contributed by atoms with Crippen molar-refractivity contribution < 1.29 is 9.15 Å². The molecule has 2 aromatic heterocycles. The normalized spacial score (nSPS) is 11.9. The lowest BCUT2D eigenvalue weighted by atomic mass is 9.91.